The van der Waals surface area contributed by atoms with Crippen molar-refractivity contribution < 1.29 is 19.1 Å². The average Bonchev–Trinajstić information content (AvgIpc) is 3.07. The molecule has 0 aromatic carbocycles. The molecule has 0 amide bonds. The van der Waals surface area contributed by atoms with Crippen molar-refractivity contribution >= 4 is 31.8 Å². The predicted octanol–water partition coefficient (Wildman–Crippen LogP) is 11.3. The summed E-state index contributed by atoms with van der Waals surface area (Å²) in [4.78, 5) is 33.1. The van der Waals surface area contributed by atoms with Gasteiger partial charge in [0.1, 0.15) is 6.61 Å². The van der Waals surface area contributed by atoms with Gasteiger partial charge in [-0.05, 0) is 52.4 Å². The molecule has 0 N–H and O–H groups in total. The van der Waals surface area contributed by atoms with E-state index >= 15 is 0 Å². The van der Waals surface area contributed by atoms with Crippen LogP contribution >= 0.6 is 11.8 Å². The van der Waals surface area contributed by atoms with Gasteiger partial charge in [-0.25, -0.2) is 0 Å². The Labute approximate surface area is 316 Å². The maximum Gasteiger partial charge on any atom is 0.310 e. The number of hydrogen-bond donors (Lipinski definition) is 0. The number of likely N-dealkylation sites (N-methyl/N-ethyl adjacent to an activating group) is 1. The van der Waals surface area contributed by atoms with Crippen LogP contribution in [0.2, 0.25) is 19.1 Å². The van der Waals surface area contributed by atoms with Crippen molar-refractivity contribution in [2.75, 3.05) is 60.2 Å². The topological polar surface area (TPSA) is 59.1 Å². The van der Waals surface area contributed by atoms with E-state index in [0.29, 0.717) is 32.6 Å². The largest absolute Gasteiger partial charge is 0.465 e. The molecule has 0 aliphatic heterocycles. The van der Waals surface area contributed by atoms with Crippen molar-refractivity contribution in [3.63, 3.8) is 0 Å². The highest BCUT2D eigenvalue weighted by Crippen LogP contribution is 2.45. The number of ether oxygens (including phenoxy) is 2. The van der Waals surface area contributed by atoms with Gasteiger partial charge in [0.05, 0.1) is 26.5 Å². The summed E-state index contributed by atoms with van der Waals surface area (Å²) in [5.74, 6) is -0.337. The Morgan fingerprint density at radius 3 is 1.50 bits per heavy atom. The summed E-state index contributed by atoms with van der Waals surface area (Å²) in [6, 6.07) is 1.24. The molecule has 0 spiro atoms. The Balaban J connectivity index is 2.90. The van der Waals surface area contributed by atoms with Gasteiger partial charge < -0.3 is 19.3 Å². The number of allylic oxidation sites excluding steroid dienone is 2. The molecule has 0 fully saturated rings. The molecule has 1 aliphatic rings. The lowest BCUT2D eigenvalue weighted by molar-refractivity contribution is -0.161. The fourth-order valence-corrected chi connectivity index (χ4v) is 12.5. The van der Waals surface area contributed by atoms with E-state index in [1.807, 2.05) is 30.8 Å². The summed E-state index contributed by atoms with van der Waals surface area (Å²) in [5, 5.41) is 1.51. The van der Waals surface area contributed by atoms with E-state index in [1.165, 1.54) is 132 Å². The van der Waals surface area contributed by atoms with E-state index < -0.39 is 19.9 Å². The van der Waals surface area contributed by atoms with E-state index in [9.17, 15) is 9.59 Å². The molecule has 0 bridgehead atoms. The van der Waals surface area contributed by atoms with E-state index in [0.717, 1.165) is 25.1 Å². The van der Waals surface area contributed by atoms with Crippen molar-refractivity contribution in [3.8, 4) is 0 Å². The number of rotatable bonds is 32. The third-order valence-electron chi connectivity index (χ3n) is 10.6. The fourth-order valence-electron chi connectivity index (χ4n) is 7.10. The van der Waals surface area contributed by atoms with Gasteiger partial charge >= 0.3 is 11.9 Å². The molecule has 0 saturated carbocycles. The number of nitrogens with zero attached hydrogens (tertiary/aromatic N) is 2. The zero-order valence-corrected chi connectivity index (χ0v) is 36.2. The Morgan fingerprint density at radius 1 is 0.600 bits per heavy atom. The lowest BCUT2D eigenvalue weighted by atomic mass is 9.82. The molecule has 50 heavy (non-hydrogen) atoms. The normalized spacial score (nSPS) is 16.8. The SMILES string of the molecule is CCCCCCCCCCCCOC(=O)[C@@H]1CC(SCCN(C)C)=C([Si](C)(C)CCCCCCCCCCCC)C[C@H]1C(=O)OCCN(C)C. The second-order valence-electron chi connectivity index (χ2n) is 16.3. The average molecular weight is 739 g/mol. The number of unbranched alkanes of at least 4 members (excludes halogenated alkanes) is 18. The monoisotopic (exact) mass is 739 g/mol. The van der Waals surface area contributed by atoms with E-state index in [2.05, 4.69) is 45.9 Å². The van der Waals surface area contributed by atoms with Crippen molar-refractivity contribution in [2.24, 2.45) is 11.8 Å². The quantitative estimate of drug-likeness (QED) is 0.0387. The third kappa shape index (κ3) is 22.3. The highest BCUT2D eigenvalue weighted by molar-refractivity contribution is 8.03. The van der Waals surface area contributed by atoms with Gasteiger partial charge in [-0.1, -0.05) is 160 Å². The first-order valence-electron chi connectivity index (χ1n) is 21.0. The Kier molecular flexibility index (Phi) is 27.9. The lowest BCUT2D eigenvalue weighted by Crippen LogP contribution is -2.41. The van der Waals surface area contributed by atoms with E-state index in [-0.39, 0.29) is 11.9 Å². The number of carbonyl (C=O) groups is 2. The minimum Gasteiger partial charge on any atom is -0.465 e. The van der Waals surface area contributed by atoms with Crippen molar-refractivity contribution in [1.29, 1.82) is 0 Å². The Morgan fingerprint density at radius 2 is 1.02 bits per heavy atom. The maximum atomic E-state index is 13.7. The van der Waals surface area contributed by atoms with Gasteiger partial charge in [-0.3, -0.25) is 9.59 Å². The van der Waals surface area contributed by atoms with Crippen molar-refractivity contribution in [1.82, 2.24) is 9.80 Å². The minimum atomic E-state index is -1.81. The molecule has 6 nitrogen and oxygen atoms in total. The molecular weight excluding hydrogens is 657 g/mol. The minimum absolute atomic E-state index is 0.200. The van der Waals surface area contributed by atoms with Crippen LogP contribution in [0.25, 0.3) is 0 Å². The summed E-state index contributed by atoms with van der Waals surface area (Å²) in [6.07, 6.45) is 27.2. The second kappa shape index (κ2) is 29.6. The summed E-state index contributed by atoms with van der Waals surface area (Å²) in [5.41, 5.74) is 0. The van der Waals surface area contributed by atoms with Gasteiger partial charge in [-0.2, -0.15) is 0 Å². The Bertz CT molecular complexity index is 910. The van der Waals surface area contributed by atoms with Crippen molar-refractivity contribution in [2.45, 2.75) is 174 Å². The van der Waals surface area contributed by atoms with Gasteiger partial charge in [0.15, 0.2) is 0 Å². The number of esters is 2. The molecule has 1 rings (SSSR count). The van der Waals surface area contributed by atoms with Gasteiger partial charge in [0.25, 0.3) is 0 Å². The highest BCUT2D eigenvalue weighted by atomic mass is 32.2. The molecule has 0 aromatic heterocycles. The molecule has 1 aliphatic carbocycles. The lowest BCUT2D eigenvalue weighted by Gasteiger charge is -2.38. The molecule has 0 radical (unpaired) electrons. The summed E-state index contributed by atoms with van der Waals surface area (Å²) < 4.78 is 11.8. The molecule has 2 atom stereocenters. The maximum absolute atomic E-state index is 13.7. The van der Waals surface area contributed by atoms with Crippen LogP contribution in [0.5, 0.6) is 0 Å². The van der Waals surface area contributed by atoms with Crippen LogP contribution in [0.4, 0.5) is 0 Å². The van der Waals surface area contributed by atoms with Crippen LogP contribution in [0.3, 0.4) is 0 Å². The first-order valence-corrected chi connectivity index (χ1v) is 25.2. The van der Waals surface area contributed by atoms with E-state index in [4.69, 9.17) is 9.47 Å². The number of hydrogen-bond acceptors (Lipinski definition) is 7. The zero-order chi connectivity index (χ0) is 37.0. The van der Waals surface area contributed by atoms with Crippen LogP contribution in [0.15, 0.2) is 10.1 Å². The summed E-state index contributed by atoms with van der Waals surface area (Å²) >= 11 is 1.93. The first-order chi connectivity index (χ1) is 24.0. The van der Waals surface area contributed by atoms with Gasteiger partial charge in [0, 0.05) is 18.8 Å². The third-order valence-corrected chi connectivity index (χ3v) is 15.6. The molecule has 0 heterocycles. The summed E-state index contributed by atoms with van der Waals surface area (Å²) in [7, 11) is 6.40. The van der Waals surface area contributed by atoms with Crippen LogP contribution in [0.1, 0.15) is 155 Å². The number of carbonyl (C=O) groups excluding carboxylic acids is 2. The molecule has 8 heteroatoms. The zero-order valence-electron chi connectivity index (χ0n) is 34.4. The standard InChI is InChI=1S/C42H82N2O4SSi/c1-9-11-13-15-17-19-21-23-25-27-31-47-41(45)37-35-39(49-33-30-44(5)6)40(36-38(37)42(46)48-32-29-43(3)4)50(7,8)34-28-26-24-22-20-18-16-14-12-10-2/h37-38H,9-36H2,1-8H3/t37-,38-/m1/s1. The highest BCUT2D eigenvalue weighted by Gasteiger charge is 2.44. The van der Waals surface area contributed by atoms with Gasteiger partial charge in [0.2, 0.25) is 0 Å². The Hall–Kier alpha value is -0.833. The van der Waals surface area contributed by atoms with Crippen molar-refractivity contribution in [3.05, 3.63) is 10.1 Å². The molecule has 0 aromatic rings. The van der Waals surface area contributed by atoms with Crippen LogP contribution in [-0.2, 0) is 19.1 Å². The fraction of sp³-hybridized carbons (Fsp3) is 0.905. The molecule has 0 saturated heterocycles. The molecule has 0 unspecified atom stereocenters. The first kappa shape index (κ1) is 47.2. The van der Waals surface area contributed by atoms with Crippen LogP contribution < -0.4 is 0 Å². The van der Waals surface area contributed by atoms with Crippen LogP contribution in [0, 0.1) is 11.8 Å². The predicted molar refractivity (Wildman–Crippen MR) is 221 cm³/mol. The van der Waals surface area contributed by atoms with E-state index in [1.54, 1.807) is 0 Å². The van der Waals surface area contributed by atoms with Crippen LogP contribution in [-0.4, -0.2) is 90.1 Å². The molecular formula is C42H82N2O4SSi. The second-order valence-corrected chi connectivity index (χ2v) is 22.4. The van der Waals surface area contributed by atoms with Gasteiger partial charge in [-0.15, -0.1) is 11.8 Å². The number of thioether (sulfide) groups is 1. The molecule has 294 valence electrons. The smallest absolute Gasteiger partial charge is 0.310 e. The summed E-state index contributed by atoms with van der Waals surface area (Å²) in [6.45, 7) is 12.0.